The number of pyridine rings is 1. The van der Waals surface area contributed by atoms with Gasteiger partial charge < -0.3 is 11.5 Å². The predicted molar refractivity (Wildman–Crippen MR) is 73.7 cm³/mol. The monoisotopic (exact) mass is 266 g/mol. The van der Waals surface area contributed by atoms with Crippen molar-refractivity contribution in [2.75, 3.05) is 0 Å². The fourth-order valence-electron chi connectivity index (χ4n) is 2.08. The van der Waals surface area contributed by atoms with E-state index in [1.807, 2.05) is 24.3 Å². The van der Waals surface area contributed by atoms with Gasteiger partial charge in [0.2, 0.25) is 6.33 Å². The molecule has 0 fully saturated rings. The van der Waals surface area contributed by atoms with Crippen molar-refractivity contribution >= 4 is 11.6 Å². The maximum absolute atomic E-state index is 11.4. The number of hydrogen-bond acceptors (Lipinski definition) is 4. The third-order valence-corrected chi connectivity index (χ3v) is 3.13. The molecule has 2 heterocycles. The number of amides is 1. The van der Waals surface area contributed by atoms with Crippen LogP contribution in [-0.2, 0) is 6.54 Å². The van der Waals surface area contributed by atoms with Crippen LogP contribution in [0.4, 0.5) is 0 Å². The SMILES string of the molecule is NCc1ccc(-c2ccc(C(N)=O)c3n[c]nn23)cc1. The zero-order valence-corrected chi connectivity index (χ0v) is 10.6. The van der Waals surface area contributed by atoms with Crippen LogP contribution < -0.4 is 11.5 Å². The number of carbonyl (C=O) groups is 1. The number of benzene rings is 1. The Morgan fingerprint density at radius 1 is 1.20 bits per heavy atom. The fraction of sp³-hybridized carbons (Fsp3) is 0.0714. The lowest BCUT2D eigenvalue weighted by Gasteiger charge is -2.07. The molecule has 0 unspecified atom stereocenters. The van der Waals surface area contributed by atoms with Gasteiger partial charge in [0.25, 0.3) is 5.91 Å². The van der Waals surface area contributed by atoms with Gasteiger partial charge in [-0.15, -0.1) is 5.10 Å². The molecule has 0 saturated carbocycles. The molecular formula is C14H12N5O. The first-order valence-corrected chi connectivity index (χ1v) is 6.05. The molecule has 6 heteroatoms. The molecule has 20 heavy (non-hydrogen) atoms. The lowest BCUT2D eigenvalue weighted by atomic mass is 10.1. The number of fused-ring (bicyclic) bond motifs is 1. The molecular weight excluding hydrogens is 254 g/mol. The van der Waals surface area contributed by atoms with Crippen molar-refractivity contribution in [3.63, 3.8) is 0 Å². The molecule has 4 N–H and O–H groups in total. The molecule has 1 amide bonds. The van der Waals surface area contributed by atoms with Gasteiger partial charge in [0.1, 0.15) is 0 Å². The first-order valence-electron chi connectivity index (χ1n) is 6.05. The maximum atomic E-state index is 11.4. The van der Waals surface area contributed by atoms with Crippen LogP contribution in [0.25, 0.3) is 16.9 Å². The highest BCUT2D eigenvalue weighted by Crippen LogP contribution is 2.22. The predicted octanol–water partition coefficient (Wildman–Crippen LogP) is 0.754. The summed E-state index contributed by atoms with van der Waals surface area (Å²) in [6, 6.07) is 11.2. The quantitative estimate of drug-likeness (QED) is 0.730. The van der Waals surface area contributed by atoms with Crippen molar-refractivity contribution in [2.45, 2.75) is 6.54 Å². The smallest absolute Gasteiger partial charge is 0.252 e. The van der Waals surface area contributed by atoms with Crippen molar-refractivity contribution in [1.29, 1.82) is 0 Å². The van der Waals surface area contributed by atoms with Crippen LogP contribution in [0.1, 0.15) is 15.9 Å². The summed E-state index contributed by atoms with van der Waals surface area (Å²) >= 11 is 0. The summed E-state index contributed by atoms with van der Waals surface area (Å²) in [7, 11) is 0. The highest BCUT2D eigenvalue weighted by Gasteiger charge is 2.13. The van der Waals surface area contributed by atoms with Gasteiger partial charge in [0.05, 0.1) is 11.3 Å². The van der Waals surface area contributed by atoms with Crippen molar-refractivity contribution in [3.05, 3.63) is 53.9 Å². The minimum atomic E-state index is -0.540. The van der Waals surface area contributed by atoms with Gasteiger partial charge in [0, 0.05) is 12.1 Å². The molecule has 0 spiro atoms. The molecule has 0 bridgehead atoms. The molecule has 1 aromatic carbocycles. The molecule has 99 valence electrons. The lowest BCUT2D eigenvalue weighted by molar-refractivity contribution is 0.100. The van der Waals surface area contributed by atoms with Crippen LogP contribution in [-0.4, -0.2) is 20.5 Å². The van der Waals surface area contributed by atoms with Crippen molar-refractivity contribution in [2.24, 2.45) is 11.5 Å². The normalized spacial score (nSPS) is 10.8. The van der Waals surface area contributed by atoms with Crippen LogP contribution in [0.5, 0.6) is 0 Å². The van der Waals surface area contributed by atoms with Crippen LogP contribution in [0, 0.1) is 6.33 Å². The Hall–Kier alpha value is -2.73. The molecule has 0 aliphatic carbocycles. The molecule has 0 atom stereocenters. The van der Waals surface area contributed by atoms with E-state index >= 15 is 0 Å². The van der Waals surface area contributed by atoms with Crippen molar-refractivity contribution in [1.82, 2.24) is 14.6 Å². The van der Waals surface area contributed by atoms with Crippen LogP contribution in [0.3, 0.4) is 0 Å². The zero-order valence-electron chi connectivity index (χ0n) is 10.6. The Labute approximate surface area is 115 Å². The van der Waals surface area contributed by atoms with Gasteiger partial charge in [-0.25, -0.2) is 9.50 Å². The standard InChI is InChI=1S/C14H12N5O/c15-7-9-1-3-10(4-2-9)12-6-5-11(13(16)20)14-17-8-18-19(12)14/h1-6H,7,15H2,(H2,16,20). The largest absolute Gasteiger partial charge is 0.365 e. The molecule has 2 aromatic heterocycles. The van der Waals surface area contributed by atoms with E-state index in [0.29, 0.717) is 17.8 Å². The molecule has 6 nitrogen and oxygen atoms in total. The third kappa shape index (κ3) is 1.92. The van der Waals surface area contributed by atoms with Gasteiger partial charge in [-0.3, -0.25) is 4.79 Å². The average Bonchev–Trinajstić information content (AvgIpc) is 2.95. The fourth-order valence-corrected chi connectivity index (χ4v) is 2.08. The molecule has 0 aliphatic rings. The molecule has 3 aromatic rings. The zero-order chi connectivity index (χ0) is 14.1. The van der Waals surface area contributed by atoms with E-state index in [4.69, 9.17) is 11.5 Å². The second-order valence-electron chi connectivity index (χ2n) is 4.34. The molecule has 3 rings (SSSR count). The first-order chi connectivity index (χ1) is 9.70. The Morgan fingerprint density at radius 2 is 1.95 bits per heavy atom. The van der Waals surface area contributed by atoms with Crippen molar-refractivity contribution in [3.8, 4) is 11.3 Å². The lowest BCUT2D eigenvalue weighted by Crippen LogP contribution is -2.13. The second kappa shape index (κ2) is 4.75. The third-order valence-electron chi connectivity index (χ3n) is 3.13. The van der Waals surface area contributed by atoms with Gasteiger partial charge in [0.15, 0.2) is 5.65 Å². The molecule has 1 radical (unpaired) electrons. The number of nitrogens with two attached hydrogens (primary N) is 2. The van der Waals surface area contributed by atoms with Gasteiger partial charge in [-0.05, 0) is 17.7 Å². The van der Waals surface area contributed by atoms with E-state index in [1.165, 1.54) is 0 Å². The minimum absolute atomic E-state index is 0.320. The van der Waals surface area contributed by atoms with Crippen LogP contribution in [0.15, 0.2) is 36.4 Å². The van der Waals surface area contributed by atoms with Gasteiger partial charge in [-0.2, -0.15) is 0 Å². The highest BCUT2D eigenvalue weighted by molar-refractivity contribution is 5.99. The minimum Gasteiger partial charge on any atom is -0.365 e. The summed E-state index contributed by atoms with van der Waals surface area (Å²) < 4.78 is 1.55. The first kappa shape index (κ1) is 12.3. The second-order valence-corrected chi connectivity index (χ2v) is 4.34. The highest BCUT2D eigenvalue weighted by atomic mass is 16.1. The molecule has 0 saturated heterocycles. The average molecular weight is 266 g/mol. The summed E-state index contributed by atoms with van der Waals surface area (Å²) in [5, 5.41) is 4.03. The number of primary amides is 1. The molecule has 0 aliphatic heterocycles. The van der Waals surface area contributed by atoms with Gasteiger partial charge >= 0.3 is 0 Å². The summed E-state index contributed by atoms with van der Waals surface area (Å²) in [6.07, 6.45) is 2.50. The Morgan fingerprint density at radius 3 is 2.60 bits per heavy atom. The van der Waals surface area contributed by atoms with E-state index < -0.39 is 5.91 Å². The summed E-state index contributed by atoms with van der Waals surface area (Å²) in [5.74, 6) is -0.540. The summed E-state index contributed by atoms with van der Waals surface area (Å²) in [4.78, 5) is 15.3. The number of carbonyl (C=O) groups excluding carboxylic acids is 1. The number of aromatic nitrogens is 3. The van der Waals surface area contributed by atoms with E-state index in [1.54, 1.807) is 16.6 Å². The van der Waals surface area contributed by atoms with Crippen molar-refractivity contribution < 1.29 is 4.79 Å². The number of rotatable bonds is 3. The Balaban J connectivity index is 2.19. The summed E-state index contributed by atoms with van der Waals surface area (Å²) in [5.41, 5.74) is 14.4. The summed E-state index contributed by atoms with van der Waals surface area (Å²) in [6.45, 7) is 0.493. The van der Waals surface area contributed by atoms with Crippen LogP contribution >= 0.6 is 0 Å². The van der Waals surface area contributed by atoms with E-state index in [9.17, 15) is 4.79 Å². The maximum Gasteiger partial charge on any atom is 0.252 e. The van der Waals surface area contributed by atoms with E-state index in [0.717, 1.165) is 16.8 Å². The number of hydrogen-bond donors (Lipinski definition) is 2. The van der Waals surface area contributed by atoms with E-state index in [-0.39, 0.29) is 0 Å². The Bertz CT molecular complexity index is 776. The topological polar surface area (TPSA) is 99.3 Å². The van der Waals surface area contributed by atoms with E-state index in [2.05, 4.69) is 16.4 Å². The van der Waals surface area contributed by atoms with Gasteiger partial charge in [-0.1, -0.05) is 24.3 Å². The van der Waals surface area contributed by atoms with Crippen LogP contribution in [0.2, 0.25) is 0 Å². The number of nitrogens with zero attached hydrogens (tertiary/aromatic N) is 3. The Kier molecular flexibility index (Phi) is 2.92.